The van der Waals surface area contributed by atoms with Gasteiger partial charge in [-0.05, 0) is 48.7 Å². The van der Waals surface area contributed by atoms with E-state index < -0.39 is 21.9 Å². The summed E-state index contributed by atoms with van der Waals surface area (Å²) in [4.78, 5) is 0.0684. The predicted octanol–water partition coefficient (Wildman–Crippen LogP) is 5.94. The normalized spacial score (nSPS) is 13.2. The van der Waals surface area contributed by atoms with Gasteiger partial charge in [-0.25, -0.2) is 0 Å². The maximum Gasteiger partial charge on any atom is 0.416 e. The zero-order chi connectivity index (χ0) is 21.8. The predicted molar refractivity (Wildman–Crippen MR) is 109 cm³/mol. The van der Waals surface area contributed by atoms with Crippen molar-refractivity contribution in [3.8, 4) is 0 Å². The Bertz CT molecular complexity index is 1060. The summed E-state index contributed by atoms with van der Waals surface area (Å²) in [5.41, 5.74) is 1.73. The fraction of sp³-hybridized carbons (Fsp3) is 0.217. The second kappa shape index (κ2) is 9.02. The van der Waals surface area contributed by atoms with Gasteiger partial charge in [0.05, 0.1) is 17.1 Å². The fourth-order valence-electron chi connectivity index (χ4n) is 3.16. The molecular formula is C23H21F3O3S. The zero-order valence-electron chi connectivity index (χ0n) is 16.3. The summed E-state index contributed by atoms with van der Waals surface area (Å²) in [6.07, 6.45) is -4.12. The highest BCUT2D eigenvalue weighted by Crippen LogP contribution is 2.33. The van der Waals surface area contributed by atoms with E-state index in [1.807, 2.05) is 37.3 Å². The van der Waals surface area contributed by atoms with Gasteiger partial charge in [0.15, 0.2) is 0 Å². The molecule has 7 heteroatoms. The Morgan fingerprint density at radius 1 is 0.833 bits per heavy atom. The van der Waals surface area contributed by atoms with Gasteiger partial charge in [-0.2, -0.15) is 21.6 Å². The number of rotatable bonds is 7. The van der Waals surface area contributed by atoms with Crippen molar-refractivity contribution in [1.82, 2.24) is 0 Å². The lowest BCUT2D eigenvalue weighted by Gasteiger charge is -2.19. The summed E-state index contributed by atoms with van der Waals surface area (Å²) in [6.45, 7) is 1.75. The molecule has 3 nitrogen and oxygen atoms in total. The molecule has 0 aliphatic rings. The van der Waals surface area contributed by atoms with Crippen molar-refractivity contribution in [1.29, 1.82) is 0 Å². The largest absolute Gasteiger partial charge is 0.416 e. The lowest BCUT2D eigenvalue weighted by atomic mass is 9.88. The lowest BCUT2D eigenvalue weighted by Crippen LogP contribution is -2.12. The van der Waals surface area contributed by atoms with Crippen LogP contribution in [0.4, 0.5) is 13.2 Å². The maximum absolute atomic E-state index is 12.9. The topological polar surface area (TPSA) is 43.4 Å². The molecule has 3 aromatic rings. The summed E-state index contributed by atoms with van der Waals surface area (Å²) in [6, 6.07) is 20.5. The average molecular weight is 434 g/mol. The Labute approximate surface area is 174 Å². The quantitative estimate of drug-likeness (QED) is 0.432. The van der Waals surface area contributed by atoms with Crippen LogP contribution in [0.3, 0.4) is 0 Å². The summed E-state index contributed by atoms with van der Waals surface area (Å²) >= 11 is 0. The molecule has 30 heavy (non-hydrogen) atoms. The number of aryl methyl sites for hydroxylation is 1. The highest BCUT2D eigenvalue weighted by atomic mass is 32.2. The molecule has 0 bridgehead atoms. The van der Waals surface area contributed by atoms with Crippen molar-refractivity contribution in [2.75, 3.05) is 6.61 Å². The van der Waals surface area contributed by atoms with E-state index in [-0.39, 0.29) is 17.4 Å². The zero-order valence-corrected chi connectivity index (χ0v) is 17.1. The minimum Gasteiger partial charge on any atom is -0.266 e. The van der Waals surface area contributed by atoms with Gasteiger partial charge in [0, 0.05) is 5.92 Å². The Morgan fingerprint density at radius 3 is 1.97 bits per heavy atom. The van der Waals surface area contributed by atoms with E-state index in [2.05, 4.69) is 0 Å². The fourth-order valence-corrected chi connectivity index (χ4v) is 4.09. The van der Waals surface area contributed by atoms with Crippen LogP contribution >= 0.6 is 0 Å². The Kier molecular flexibility index (Phi) is 6.63. The highest BCUT2D eigenvalue weighted by Gasteiger charge is 2.30. The van der Waals surface area contributed by atoms with Gasteiger partial charge in [-0.1, -0.05) is 60.2 Å². The van der Waals surface area contributed by atoms with E-state index >= 15 is 0 Å². The number of hydrogen-bond donors (Lipinski definition) is 0. The molecule has 3 aromatic carbocycles. The molecule has 0 amide bonds. The highest BCUT2D eigenvalue weighted by molar-refractivity contribution is 7.86. The van der Waals surface area contributed by atoms with Crippen LogP contribution in [0.25, 0.3) is 0 Å². The van der Waals surface area contributed by atoms with Crippen LogP contribution < -0.4 is 0 Å². The first-order chi connectivity index (χ1) is 14.2. The first kappa shape index (κ1) is 22.1. The Balaban J connectivity index is 1.78. The molecule has 0 saturated carbocycles. The van der Waals surface area contributed by atoms with Crippen LogP contribution in [-0.4, -0.2) is 15.0 Å². The van der Waals surface area contributed by atoms with E-state index in [1.54, 1.807) is 12.1 Å². The van der Waals surface area contributed by atoms with Crippen LogP contribution in [0.15, 0.2) is 83.8 Å². The molecule has 3 rings (SSSR count). The summed E-state index contributed by atoms with van der Waals surface area (Å²) in [5, 5.41) is 0. The molecule has 0 spiro atoms. The molecule has 0 fully saturated rings. The van der Waals surface area contributed by atoms with Crippen LogP contribution in [-0.2, 0) is 20.5 Å². The number of benzene rings is 3. The second-order valence-electron chi connectivity index (χ2n) is 6.96. The van der Waals surface area contributed by atoms with Gasteiger partial charge in [0.2, 0.25) is 0 Å². The molecule has 0 aliphatic heterocycles. The lowest BCUT2D eigenvalue weighted by molar-refractivity contribution is -0.137. The van der Waals surface area contributed by atoms with Gasteiger partial charge in [0.1, 0.15) is 0 Å². The van der Waals surface area contributed by atoms with Crippen LogP contribution in [0.1, 0.15) is 34.6 Å². The summed E-state index contributed by atoms with van der Waals surface area (Å²) in [7, 11) is -3.91. The molecule has 158 valence electrons. The van der Waals surface area contributed by atoms with Crippen molar-refractivity contribution in [2.24, 2.45) is 0 Å². The van der Waals surface area contributed by atoms with Crippen LogP contribution in [0, 0.1) is 6.92 Å². The third-order valence-corrected chi connectivity index (χ3v) is 6.12. The number of halogens is 3. The molecule has 0 aliphatic carbocycles. The minimum absolute atomic E-state index is 0.0684. The first-order valence-electron chi connectivity index (χ1n) is 9.35. The SMILES string of the molecule is Cc1ccc(S(=O)(=O)OCCC(c2ccccc2)c2ccc(C(F)(F)F)cc2)cc1. The molecule has 0 N–H and O–H groups in total. The van der Waals surface area contributed by atoms with Crippen LogP contribution in [0.2, 0.25) is 0 Å². The Hall–Kier alpha value is -2.64. The smallest absolute Gasteiger partial charge is 0.266 e. The van der Waals surface area contributed by atoms with E-state index in [1.165, 1.54) is 24.3 Å². The monoisotopic (exact) mass is 434 g/mol. The van der Waals surface area contributed by atoms with Crippen molar-refractivity contribution >= 4 is 10.1 Å². The van der Waals surface area contributed by atoms with Gasteiger partial charge in [-0.15, -0.1) is 0 Å². The molecule has 0 aromatic heterocycles. The Morgan fingerprint density at radius 2 is 1.40 bits per heavy atom. The third kappa shape index (κ3) is 5.49. The van der Waals surface area contributed by atoms with Gasteiger partial charge < -0.3 is 0 Å². The van der Waals surface area contributed by atoms with E-state index in [0.29, 0.717) is 12.0 Å². The number of alkyl halides is 3. The van der Waals surface area contributed by atoms with Crippen molar-refractivity contribution in [2.45, 2.75) is 30.3 Å². The maximum atomic E-state index is 12.9. The average Bonchev–Trinajstić information content (AvgIpc) is 2.72. The molecule has 1 unspecified atom stereocenters. The molecule has 1 atom stereocenters. The van der Waals surface area contributed by atoms with E-state index in [4.69, 9.17) is 4.18 Å². The molecule has 0 heterocycles. The van der Waals surface area contributed by atoms with Crippen molar-refractivity contribution in [3.63, 3.8) is 0 Å². The third-order valence-electron chi connectivity index (χ3n) is 4.80. The molecule has 0 radical (unpaired) electrons. The number of hydrogen-bond acceptors (Lipinski definition) is 3. The second-order valence-corrected chi connectivity index (χ2v) is 8.58. The molecule has 0 saturated heterocycles. The minimum atomic E-state index is -4.41. The van der Waals surface area contributed by atoms with Gasteiger partial charge >= 0.3 is 6.18 Å². The van der Waals surface area contributed by atoms with Crippen molar-refractivity contribution in [3.05, 3.63) is 101 Å². The molecular weight excluding hydrogens is 413 g/mol. The standard InChI is InChI=1S/C23H21F3O3S/c1-17-7-13-21(14-8-17)30(27,28)29-16-15-22(18-5-3-2-4-6-18)19-9-11-20(12-10-19)23(24,25)26/h2-14,22H,15-16H2,1H3. The first-order valence-corrected chi connectivity index (χ1v) is 10.8. The van der Waals surface area contributed by atoms with Gasteiger partial charge in [0.25, 0.3) is 10.1 Å². The van der Waals surface area contributed by atoms with Crippen LogP contribution in [0.5, 0.6) is 0 Å². The summed E-state index contributed by atoms with van der Waals surface area (Å²) in [5.74, 6) is -0.304. The van der Waals surface area contributed by atoms with Gasteiger partial charge in [-0.3, -0.25) is 4.18 Å². The van der Waals surface area contributed by atoms with E-state index in [9.17, 15) is 21.6 Å². The summed E-state index contributed by atoms with van der Waals surface area (Å²) < 4.78 is 68.6. The van der Waals surface area contributed by atoms with Crippen molar-refractivity contribution < 1.29 is 25.8 Å². The van der Waals surface area contributed by atoms with E-state index in [0.717, 1.165) is 23.3 Å².